The van der Waals surface area contributed by atoms with Crippen LogP contribution in [0.5, 0.6) is 0 Å². The van der Waals surface area contributed by atoms with Crippen LogP contribution in [0.4, 0.5) is 0 Å². The Labute approximate surface area is 182 Å². The SMILES string of the molecule is O=C(c1cc2n(n1)CC(c1ccc(Cl)cc1)OC2)N1CCN(C2CCCCC2)CC1. The number of fused-ring (bicyclic) bond motifs is 1. The molecule has 2 fully saturated rings. The van der Waals surface area contributed by atoms with Gasteiger partial charge >= 0.3 is 0 Å². The Morgan fingerprint density at radius 1 is 1.03 bits per heavy atom. The molecular formula is C23H29ClN4O2. The van der Waals surface area contributed by atoms with Gasteiger partial charge in [-0.15, -0.1) is 0 Å². The average Bonchev–Trinajstić information content (AvgIpc) is 3.23. The van der Waals surface area contributed by atoms with Gasteiger partial charge in [0.2, 0.25) is 0 Å². The Balaban J connectivity index is 1.21. The van der Waals surface area contributed by atoms with Gasteiger partial charge in [-0.05, 0) is 36.6 Å². The van der Waals surface area contributed by atoms with E-state index in [4.69, 9.17) is 16.3 Å². The molecule has 1 aromatic heterocycles. The molecule has 6 nitrogen and oxygen atoms in total. The molecule has 3 heterocycles. The summed E-state index contributed by atoms with van der Waals surface area (Å²) in [6.45, 7) is 4.61. The van der Waals surface area contributed by atoms with Crippen molar-refractivity contribution in [1.29, 1.82) is 0 Å². The van der Waals surface area contributed by atoms with E-state index in [9.17, 15) is 4.79 Å². The fourth-order valence-corrected chi connectivity index (χ4v) is 5.13. The number of hydrogen-bond donors (Lipinski definition) is 0. The fourth-order valence-electron chi connectivity index (χ4n) is 5.01. The Morgan fingerprint density at radius 2 is 1.77 bits per heavy atom. The molecule has 1 saturated carbocycles. The minimum atomic E-state index is -0.0725. The van der Waals surface area contributed by atoms with Crippen molar-refractivity contribution in [3.63, 3.8) is 0 Å². The van der Waals surface area contributed by atoms with Gasteiger partial charge in [0.05, 0.1) is 18.8 Å². The minimum absolute atomic E-state index is 0.0447. The zero-order valence-electron chi connectivity index (χ0n) is 17.3. The zero-order chi connectivity index (χ0) is 20.5. The highest BCUT2D eigenvalue weighted by molar-refractivity contribution is 6.30. The van der Waals surface area contributed by atoms with Crippen LogP contribution in [0.15, 0.2) is 30.3 Å². The molecule has 0 radical (unpaired) electrons. The fraction of sp³-hybridized carbons (Fsp3) is 0.565. The van der Waals surface area contributed by atoms with Gasteiger partial charge in [0, 0.05) is 37.2 Å². The largest absolute Gasteiger partial charge is 0.365 e. The molecule has 160 valence electrons. The third kappa shape index (κ3) is 4.13. The van der Waals surface area contributed by atoms with Crippen LogP contribution in [0, 0.1) is 0 Å². The van der Waals surface area contributed by atoms with Crippen molar-refractivity contribution in [2.24, 2.45) is 0 Å². The highest BCUT2D eigenvalue weighted by atomic mass is 35.5. The van der Waals surface area contributed by atoms with E-state index < -0.39 is 0 Å². The molecule has 1 aliphatic carbocycles. The molecule has 2 aromatic rings. The summed E-state index contributed by atoms with van der Waals surface area (Å²) in [7, 11) is 0. The normalized spacial score (nSPS) is 23.4. The molecular weight excluding hydrogens is 400 g/mol. The second-order valence-corrected chi connectivity index (χ2v) is 9.11. The van der Waals surface area contributed by atoms with Crippen molar-refractivity contribution in [2.75, 3.05) is 26.2 Å². The van der Waals surface area contributed by atoms with E-state index in [2.05, 4.69) is 10.00 Å². The Bertz CT molecular complexity index is 883. The minimum Gasteiger partial charge on any atom is -0.365 e. The average molecular weight is 429 g/mol. The number of ether oxygens (including phenoxy) is 1. The number of carbonyl (C=O) groups is 1. The Morgan fingerprint density at radius 3 is 2.50 bits per heavy atom. The van der Waals surface area contributed by atoms with E-state index in [0.717, 1.165) is 43.5 Å². The van der Waals surface area contributed by atoms with Gasteiger partial charge in [0.15, 0.2) is 5.69 Å². The molecule has 1 aromatic carbocycles. The van der Waals surface area contributed by atoms with Gasteiger partial charge in [-0.1, -0.05) is 43.0 Å². The monoisotopic (exact) mass is 428 g/mol. The van der Waals surface area contributed by atoms with E-state index in [1.54, 1.807) is 0 Å². The summed E-state index contributed by atoms with van der Waals surface area (Å²) >= 11 is 5.99. The molecule has 7 heteroatoms. The molecule has 1 atom stereocenters. The van der Waals surface area contributed by atoms with Gasteiger partial charge in [-0.25, -0.2) is 0 Å². The van der Waals surface area contributed by atoms with Gasteiger partial charge < -0.3 is 9.64 Å². The summed E-state index contributed by atoms with van der Waals surface area (Å²) in [5.74, 6) is 0.0447. The third-order valence-corrected chi connectivity index (χ3v) is 7.04. The number of hydrogen-bond acceptors (Lipinski definition) is 4. The smallest absolute Gasteiger partial charge is 0.274 e. The molecule has 0 N–H and O–H groups in total. The lowest BCUT2D eigenvalue weighted by Gasteiger charge is -2.40. The van der Waals surface area contributed by atoms with Crippen LogP contribution < -0.4 is 0 Å². The molecule has 1 saturated heterocycles. The van der Waals surface area contributed by atoms with Crippen LogP contribution in [-0.4, -0.2) is 57.7 Å². The zero-order valence-corrected chi connectivity index (χ0v) is 18.1. The molecule has 1 unspecified atom stereocenters. The van der Waals surface area contributed by atoms with Crippen molar-refractivity contribution in [1.82, 2.24) is 19.6 Å². The lowest BCUT2D eigenvalue weighted by atomic mass is 9.94. The number of carbonyl (C=O) groups excluding carboxylic acids is 1. The predicted molar refractivity (Wildman–Crippen MR) is 116 cm³/mol. The van der Waals surface area contributed by atoms with Gasteiger partial charge in [-0.3, -0.25) is 14.4 Å². The van der Waals surface area contributed by atoms with Crippen molar-refractivity contribution in [2.45, 2.75) is 57.4 Å². The lowest BCUT2D eigenvalue weighted by Crippen LogP contribution is -2.52. The Kier molecular flexibility index (Phi) is 5.81. The molecule has 3 aliphatic rings. The summed E-state index contributed by atoms with van der Waals surface area (Å²) in [5, 5.41) is 5.35. The van der Waals surface area contributed by atoms with Gasteiger partial charge in [0.1, 0.15) is 6.10 Å². The second-order valence-electron chi connectivity index (χ2n) is 8.67. The summed E-state index contributed by atoms with van der Waals surface area (Å²) in [6.07, 6.45) is 6.64. The van der Waals surface area contributed by atoms with Crippen molar-refractivity contribution < 1.29 is 9.53 Å². The predicted octanol–water partition coefficient (Wildman–Crippen LogP) is 3.90. The van der Waals surface area contributed by atoms with Crippen LogP contribution in [0.1, 0.15) is 60.0 Å². The maximum absolute atomic E-state index is 13.1. The van der Waals surface area contributed by atoms with Crippen molar-refractivity contribution in [3.05, 3.63) is 52.3 Å². The van der Waals surface area contributed by atoms with Crippen LogP contribution >= 0.6 is 11.6 Å². The number of halogens is 1. The number of aromatic nitrogens is 2. The summed E-state index contributed by atoms with van der Waals surface area (Å²) in [4.78, 5) is 17.6. The van der Waals surface area contributed by atoms with Crippen molar-refractivity contribution >= 4 is 17.5 Å². The first-order valence-electron chi connectivity index (χ1n) is 11.1. The molecule has 30 heavy (non-hydrogen) atoms. The van der Waals surface area contributed by atoms with Crippen molar-refractivity contribution in [3.8, 4) is 0 Å². The lowest BCUT2D eigenvalue weighted by molar-refractivity contribution is -0.00123. The number of amides is 1. The van der Waals surface area contributed by atoms with E-state index in [-0.39, 0.29) is 12.0 Å². The van der Waals surface area contributed by atoms with Crippen LogP contribution in [0.2, 0.25) is 5.02 Å². The van der Waals surface area contributed by atoms with Crippen LogP contribution in [-0.2, 0) is 17.9 Å². The highest BCUT2D eigenvalue weighted by Crippen LogP contribution is 2.28. The van der Waals surface area contributed by atoms with Crippen LogP contribution in [0.3, 0.4) is 0 Å². The maximum atomic E-state index is 13.1. The van der Waals surface area contributed by atoms with Gasteiger partial charge in [-0.2, -0.15) is 5.10 Å². The summed E-state index contributed by atoms with van der Waals surface area (Å²) in [5.41, 5.74) is 2.58. The number of rotatable bonds is 3. The topological polar surface area (TPSA) is 50.6 Å². The molecule has 1 amide bonds. The maximum Gasteiger partial charge on any atom is 0.274 e. The number of benzene rings is 1. The molecule has 0 bridgehead atoms. The quantitative estimate of drug-likeness (QED) is 0.744. The first-order chi connectivity index (χ1) is 14.7. The highest BCUT2D eigenvalue weighted by Gasteiger charge is 2.30. The first-order valence-corrected chi connectivity index (χ1v) is 11.5. The second kappa shape index (κ2) is 8.69. The van der Waals surface area contributed by atoms with Gasteiger partial charge in [0.25, 0.3) is 5.91 Å². The first kappa shape index (κ1) is 20.0. The summed E-state index contributed by atoms with van der Waals surface area (Å²) in [6, 6.07) is 10.3. The molecule has 2 aliphatic heterocycles. The third-order valence-electron chi connectivity index (χ3n) is 6.79. The molecule has 5 rings (SSSR count). The van der Waals surface area contributed by atoms with E-state index >= 15 is 0 Å². The van der Waals surface area contributed by atoms with E-state index in [0.29, 0.717) is 23.9 Å². The molecule has 0 spiro atoms. The number of nitrogens with zero attached hydrogens (tertiary/aromatic N) is 4. The standard InChI is InChI=1S/C23H29ClN4O2/c24-18-8-6-17(7-9-18)22-15-28-20(16-30-22)14-21(25-28)23(29)27-12-10-26(11-13-27)19-4-2-1-3-5-19/h6-9,14,19,22H,1-5,10-13,15-16H2. The van der Waals surface area contributed by atoms with E-state index in [1.165, 1.54) is 32.1 Å². The van der Waals surface area contributed by atoms with Crippen LogP contribution in [0.25, 0.3) is 0 Å². The Hall–Kier alpha value is -1.89. The van der Waals surface area contributed by atoms with E-state index in [1.807, 2.05) is 39.9 Å². The summed E-state index contributed by atoms with van der Waals surface area (Å²) < 4.78 is 7.94. The number of piperazine rings is 1.